The summed E-state index contributed by atoms with van der Waals surface area (Å²) in [6.45, 7) is 2.94. The molecule has 4 aromatic rings. The quantitative estimate of drug-likeness (QED) is 0.265. The first-order valence-electron chi connectivity index (χ1n) is 13.0. The van der Waals surface area contributed by atoms with Crippen molar-refractivity contribution in [1.29, 1.82) is 0 Å². The lowest BCUT2D eigenvalue weighted by molar-refractivity contribution is 0.0505. The van der Waals surface area contributed by atoms with Crippen LogP contribution in [0.4, 0.5) is 0 Å². The molecule has 3 aromatic carbocycles. The Morgan fingerprint density at radius 1 is 0.861 bits per heavy atom. The van der Waals surface area contributed by atoms with Gasteiger partial charge in [-0.05, 0) is 54.5 Å². The summed E-state index contributed by atoms with van der Waals surface area (Å²) in [6, 6.07) is 27.7. The number of ketones is 1. The smallest absolute Gasteiger partial charge is 0.254 e. The molecule has 2 atom stereocenters. The highest BCUT2D eigenvalue weighted by atomic mass is 16.2. The molecule has 5 rings (SSSR count). The van der Waals surface area contributed by atoms with Crippen LogP contribution in [0.2, 0.25) is 0 Å². The highest BCUT2D eigenvalue weighted by Gasteiger charge is 2.32. The molecule has 4 nitrogen and oxygen atoms in total. The Labute approximate surface area is 213 Å². The van der Waals surface area contributed by atoms with E-state index < -0.39 is 0 Å². The summed E-state index contributed by atoms with van der Waals surface area (Å²) in [5, 5.41) is 0.973. The van der Waals surface area contributed by atoms with Gasteiger partial charge in [0, 0.05) is 41.7 Å². The van der Waals surface area contributed by atoms with E-state index in [0.29, 0.717) is 24.3 Å². The number of piperidine rings is 1. The van der Waals surface area contributed by atoms with Crippen molar-refractivity contribution in [3.8, 4) is 11.1 Å². The number of para-hydroxylation sites is 1. The standard InChI is InChI=1S/C32H32N2O2/c1-2-23-17-18-26(19-20-30(35)29-16-8-12-25-13-9-21-33-31(25)29)34(22-23)32(36)28-15-7-6-14-27(28)24-10-4-3-5-11-24/h3-16,21,23,26H,2,17-20,22H2,1H3. The highest BCUT2D eigenvalue weighted by Crippen LogP contribution is 2.32. The average molecular weight is 477 g/mol. The fourth-order valence-electron chi connectivity index (χ4n) is 5.44. The van der Waals surface area contributed by atoms with Gasteiger partial charge in [-0.1, -0.05) is 80.1 Å². The fraction of sp³-hybridized carbons (Fsp3) is 0.281. The lowest BCUT2D eigenvalue weighted by atomic mass is 9.87. The van der Waals surface area contributed by atoms with Crippen molar-refractivity contribution in [3.05, 3.63) is 102 Å². The zero-order valence-electron chi connectivity index (χ0n) is 20.8. The van der Waals surface area contributed by atoms with Gasteiger partial charge in [-0.15, -0.1) is 0 Å². The third-order valence-electron chi connectivity index (χ3n) is 7.52. The molecule has 4 heteroatoms. The molecule has 1 aliphatic rings. The van der Waals surface area contributed by atoms with Crippen molar-refractivity contribution in [2.24, 2.45) is 5.92 Å². The number of carbonyl (C=O) groups is 2. The summed E-state index contributed by atoms with van der Waals surface area (Å²) < 4.78 is 0. The third-order valence-corrected chi connectivity index (χ3v) is 7.52. The van der Waals surface area contributed by atoms with Gasteiger partial charge < -0.3 is 4.90 Å². The van der Waals surface area contributed by atoms with Gasteiger partial charge in [-0.25, -0.2) is 0 Å². The molecule has 1 aromatic heterocycles. The van der Waals surface area contributed by atoms with Gasteiger partial charge in [0.15, 0.2) is 5.78 Å². The molecule has 2 unspecified atom stereocenters. The molecular weight excluding hydrogens is 444 g/mol. The molecule has 0 saturated carbocycles. The molecule has 1 saturated heterocycles. The van der Waals surface area contributed by atoms with Crippen LogP contribution in [0.1, 0.15) is 59.7 Å². The summed E-state index contributed by atoms with van der Waals surface area (Å²) in [6.07, 6.45) is 5.88. The molecule has 0 aliphatic carbocycles. The van der Waals surface area contributed by atoms with Gasteiger partial charge in [-0.2, -0.15) is 0 Å². The average Bonchev–Trinajstić information content (AvgIpc) is 2.95. The van der Waals surface area contributed by atoms with E-state index in [9.17, 15) is 9.59 Å². The fourth-order valence-corrected chi connectivity index (χ4v) is 5.44. The second kappa shape index (κ2) is 10.9. The predicted molar refractivity (Wildman–Crippen MR) is 145 cm³/mol. The number of hydrogen-bond acceptors (Lipinski definition) is 3. The lowest BCUT2D eigenvalue weighted by Crippen LogP contribution is -2.47. The summed E-state index contributed by atoms with van der Waals surface area (Å²) in [4.78, 5) is 33.8. The Bertz CT molecular complexity index is 1360. The van der Waals surface area contributed by atoms with Crippen LogP contribution in [0, 0.1) is 5.92 Å². The van der Waals surface area contributed by atoms with Crippen LogP contribution in [0.15, 0.2) is 91.1 Å². The Morgan fingerprint density at radius 3 is 2.44 bits per heavy atom. The molecule has 1 aliphatic heterocycles. The third kappa shape index (κ3) is 4.94. The summed E-state index contributed by atoms with van der Waals surface area (Å²) in [5.41, 5.74) is 4.15. The number of hydrogen-bond donors (Lipinski definition) is 0. The van der Waals surface area contributed by atoms with Gasteiger partial charge in [0.1, 0.15) is 0 Å². The van der Waals surface area contributed by atoms with E-state index in [4.69, 9.17) is 0 Å². The van der Waals surface area contributed by atoms with Crippen LogP contribution in [0.25, 0.3) is 22.0 Å². The largest absolute Gasteiger partial charge is 0.335 e. The zero-order chi connectivity index (χ0) is 24.9. The van der Waals surface area contributed by atoms with Crippen LogP contribution in [0.5, 0.6) is 0 Å². The van der Waals surface area contributed by atoms with Gasteiger partial charge >= 0.3 is 0 Å². The molecule has 0 spiro atoms. The Hall–Kier alpha value is -3.79. The highest BCUT2D eigenvalue weighted by molar-refractivity contribution is 6.06. The summed E-state index contributed by atoms with van der Waals surface area (Å²) in [5.74, 6) is 0.651. The van der Waals surface area contributed by atoms with Crippen molar-refractivity contribution >= 4 is 22.6 Å². The van der Waals surface area contributed by atoms with Gasteiger partial charge in [-0.3, -0.25) is 14.6 Å². The molecule has 0 radical (unpaired) electrons. The van der Waals surface area contributed by atoms with Crippen molar-refractivity contribution < 1.29 is 9.59 Å². The molecule has 36 heavy (non-hydrogen) atoms. The lowest BCUT2D eigenvalue weighted by Gasteiger charge is -2.40. The Morgan fingerprint density at radius 2 is 1.61 bits per heavy atom. The van der Waals surface area contributed by atoms with E-state index in [0.717, 1.165) is 53.4 Å². The van der Waals surface area contributed by atoms with Crippen LogP contribution in [-0.2, 0) is 0 Å². The Kier molecular flexibility index (Phi) is 7.22. The number of nitrogens with zero attached hydrogens (tertiary/aromatic N) is 2. The minimum absolute atomic E-state index is 0.0519. The number of fused-ring (bicyclic) bond motifs is 1. The first kappa shape index (κ1) is 23.9. The van der Waals surface area contributed by atoms with Gasteiger partial charge in [0.25, 0.3) is 5.91 Å². The van der Waals surface area contributed by atoms with Crippen LogP contribution in [-0.4, -0.2) is 34.2 Å². The van der Waals surface area contributed by atoms with Crippen molar-refractivity contribution in [3.63, 3.8) is 0 Å². The second-order valence-electron chi connectivity index (χ2n) is 9.72. The van der Waals surface area contributed by atoms with E-state index >= 15 is 0 Å². The molecule has 0 bridgehead atoms. The number of Topliss-reactive ketones (excluding diaryl/α,β-unsaturated/α-hetero) is 1. The molecular formula is C32H32N2O2. The maximum atomic E-state index is 14.0. The molecule has 182 valence electrons. The minimum atomic E-state index is 0.0519. The first-order chi connectivity index (χ1) is 17.7. The maximum Gasteiger partial charge on any atom is 0.254 e. The summed E-state index contributed by atoms with van der Waals surface area (Å²) >= 11 is 0. The maximum absolute atomic E-state index is 14.0. The van der Waals surface area contributed by atoms with Crippen LogP contribution < -0.4 is 0 Å². The van der Waals surface area contributed by atoms with E-state index in [-0.39, 0.29) is 17.7 Å². The van der Waals surface area contributed by atoms with Gasteiger partial charge in [0.05, 0.1) is 5.52 Å². The minimum Gasteiger partial charge on any atom is -0.335 e. The summed E-state index contributed by atoms with van der Waals surface area (Å²) in [7, 11) is 0. The van der Waals surface area contributed by atoms with E-state index in [1.807, 2.05) is 89.8 Å². The second-order valence-corrected chi connectivity index (χ2v) is 9.72. The van der Waals surface area contributed by atoms with Crippen LogP contribution in [0.3, 0.4) is 0 Å². The van der Waals surface area contributed by atoms with E-state index in [1.54, 1.807) is 6.20 Å². The zero-order valence-corrected chi connectivity index (χ0v) is 20.8. The number of carbonyl (C=O) groups excluding carboxylic acids is 2. The normalized spacial score (nSPS) is 17.8. The number of rotatable bonds is 7. The Balaban J connectivity index is 1.38. The number of amides is 1. The predicted octanol–water partition coefficient (Wildman–Crippen LogP) is 7.20. The van der Waals surface area contributed by atoms with Crippen LogP contribution >= 0.6 is 0 Å². The number of pyridine rings is 1. The van der Waals surface area contributed by atoms with E-state index in [1.165, 1.54) is 0 Å². The number of aromatic nitrogens is 1. The van der Waals surface area contributed by atoms with Crippen molar-refractivity contribution in [2.45, 2.75) is 45.1 Å². The molecule has 2 heterocycles. The molecule has 0 N–H and O–H groups in total. The first-order valence-corrected chi connectivity index (χ1v) is 13.0. The van der Waals surface area contributed by atoms with E-state index in [2.05, 4.69) is 11.9 Å². The number of likely N-dealkylation sites (tertiary alicyclic amines) is 1. The van der Waals surface area contributed by atoms with Gasteiger partial charge in [0.2, 0.25) is 0 Å². The molecule has 1 fully saturated rings. The SMILES string of the molecule is CCC1CCC(CCC(=O)c2cccc3cccnc23)N(C(=O)c2ccccc2-c2ccccc2)C1. The topological polar surface area (TPSA) is 50.3 Å². The van der Waals surface area contributed by atoms with Crippen molar-refractivity contribution in [1.82, 2.24) is 9.88 Å². The molecule has 1 amide bonds. The van der Waals surface area contributed by atoms with Crippen molar-refractivity contribution in [2.75, 3.05) is 6.54 Å². The monoisotopic (exact) mass is 476 g/mol. The number of benzene rings is 3.